The van der Waals surface area contributed by atoms with E-state index in [1.807, 2.05) is 0 Å². The number of nitro benzene ring substituents is 1. The second kappa shape index (κ2) is 7.06. The normalized spacial score (nSPS) is 18.4. The van der Waals surface area contributed by atoms with Crippen LogP contribution in [0.4, 0.5) is 5.69 Å². The lowest BCUT2D eigenvalue weighted by Gasteiger charge is -2.11. The lowest BCUT2D eigenvalue weighted by Crippen LogP contribution is -2.29. The molecule has 2 rings (SSSR count). The molecule has 0 radical (unpaired) electrons. The maximum Gasteiger partial charge on any atom is 0.273 e. The van der Waals surface area contributed by atoms with Gasteiger partial charge in [0.05, 0.1) is 17.1 Å². The zero-order chi connectivity index (χ0) is 13.5. The smallest absolute Gasteiger partial charge is 0.273 e. The first-order chi connectivity index (χ1) is 9.25. The molecular weight excluding hydrogens is 248 g/mol. The number of hydrogen-bond donors (Lipinski definition) is 1. The molecule has 0 unspecified atom stereocenters. The van der Waals surface area contributed by atoms with Crippen LogP contribution in [0.15, 0.2) is 24.3 Å². The van der Waals surface area contributed by atoms with Crippen molar-refractivity contribution in [3.8, 4) is 5.75 Å². The Morgan fingerprint density at radius 3 is 3.16 bits per heavy atom. The summed E-state index contributed by atoms with van der Waals surface area (Å²) in [7, 11) is 0. The van der Waals surface area contributed by atoms with E-state index >= 15 is 0 Å². The molecule has 1 aliphatic rings. The maximum absolute atomic E-state index is 10.6. The summed E-state index contributed by atoms with van der Waals surface area (Å²) in [5.41, 5.74) is 0.0461. The summed E-state index contributed by atoms with van der Waals surface area (Å²) in [6.45, 7) is 2.87. The average molecular weight is 266 g/mol. The highest BCUT2D eigenvalue weighted by Crippen LogP contribution is 2.18. The van der Waals surface area contributed by atoms with Crippen molar-refractivity contribution >= 4 is 5.69 Å². The zero-order valence-corrected chi connectivity index (χ0v) is 10.7. The third-order valence-electron chi connectivity index (χ3n) is 2.97. The summed E-state index contributed by atoms with van der Waals surface area (Å²) in [5, 5.41) is 13.9. The maximum atomic E-state index is 10.6. The fraction of sp³-hybridized carbons (Fsp3) is 0.538. The monoisotopic (exact) mass is 266 g/mol. The molecule has 104 valence electrons. The fourth-order valence-electron chi connectivity index (χ4n) is 2.00. The van der Waals surface area contributed by atoms with Crippen molar-refractivity contribution in [3.63, 3.8) is 0 Å². The first-order valence-corrected chi connectivity index (χ1v) is 6.45. The van der Waals surface area contributed by atoms with Crippen LogP contribution in [0.2, 0.25) is 0 Å². The average Bonchev–Trinajstić information content (AvgIpc) is 2.92. The molecule has 0 aromatic heterocycles. The standard InChI is InChI=1S/C13H18N2O4/c16-15(17)11-3-1-4-12(9-11)19-8-6-14-10-13-5-2-7-18-13/h1,3-4,9,13-14H,2,5-8,10H2/t13-/m0/s1. The van der Waals surface area contributed by atoms with Crippen LogP contribution < -0.4 is 10.1 Å². The van der Waals surface area contributed by atoms with Crippen LogP contribution in [0.1, 0.15) is 12.8 Å². The van der Waals surface area contributed by atoms with Gasteiger partial charge in [-0.15, -0.1) is 0 Å². The van der Waals surface area contributed by atoms with E-state index in [2.05, 4.69) is 5.32 Å². The van der Waals surface area contributed by atoms with E-state index in [1.165, 1.54) is 12.1 Å². The van der Waals surface area contributed by atoms with Crippen LogP contribution in [0.25, 0.3) is 0 Å². The summed E-state index contributed by atoms with van der Waals surface area (Å²) in [4.78, 5) is 10.2. The van der Waals surface area contributed by atoms with Gasteiger partial charge in [0.2, 0.25) is 0 Å². The van der Waals surface area contributed by atoms with Crippen LogP contribution in [-0.2, 0) is 4.74 Å². The van der Waals surface area contributed by atoms with Crippen molar-refractivity contribution in [2.24, 2.45) is 0 Å². The third kappa shape index (κ3) is 4.50. The molecule has 0 saturated carbocycles. The quantitative estimate of drug-likeness (QED) is 0.462. The SMILES string of the molecule is O=[N+]([O-])c1cccc(OCCNC[C@@H]2CCCO2)c1. The Morgan fingerprint density at radius 2 is 2.42 bits per heavy atom. The fourth-order valence-corrected chi connectivity index (χ4v) is 2.00. The van der Waals surface area contributed by atoms with Crippen molar-refractivity contribution in [2.45, 2.75) is 18.9 Å². The second-order valence-electron chi connectivity index (χ2n) is 4.44. The van der Waals surface area contributed by atoms with Crippen molar-refractivity contribution in [1.29, 1.82) is 0 Å². The number of nitro groups is 1. The van der Waals surface area contributed by atoms with Crippen molar-refractivity contribution in [2.75, 3.05) is 26.3 Å². The molecule has 0 spiro atoms. The Kier molecular flexibility index (Phi) is 5.11. The van der Waals surface area contributed by atoms with Gasteiger partial charge < -0.3 is 14.8 Å². The van der Waals surface area contributed by atoms with Gasteiger partial charge in [0.25, 0.3) is 5.69 Å². The minimum atomic E-state index is -0.428. The van der Waals surface area contributed by atoms with Gasteiger partial charge in [0, 0.05) is 25.8 Å². The lowest BCUT2D eigenvalue weighted by atomic mass is 10.2. The lowest BCUT2D eigenvalue weighted by molar-refractivity contribution is -0.384. The van der Waals surface area contributed by atoms with Gasteiger partial charge in [0.15, 0.2) is 0 Å². The highest BCUT2D eigenvalue weighted by molar-refractivity contribution is 5.37. The first kappa shape index (κ1) is 13.8. The summed E-state index contributed by atoms with van der Waals surface area (Å²) >= 11 is 0. The van der Waals surface area contributed by atoms with Gasteiger partial charge in [-0.3, -0.25) is 10.1 Å². The predicted molar refractivity (Wildman–Crippen MR) is 70.4 cm³/mol. The molecule has 19 heavy (non-hydrogen) atoms. The van der Waals surface area contributed by atoms with E-state index in [0.29, 0.717) is 25.0 Å². The molecule has 1 saturated heterocycles. The zero-order valence-electron chi connectivity index (χ0n) is 10.7. The summed E-state index contributed by atoms with van der Waals surface area (Å²) < 4.78 is 10.9. The molecule has 6 nitrogen and oxygen atoms in total. The minimum Gasteiger partial charge on any atom is -0.492 e. The number of benzene rings is 1. The molecule has 1 aromatic carbocycles. The van der Waals surface area contributed by atoms with E-state index in [4.69, 9.17) is 9.47 Å². The van der Waals surface area contributed by atoms with E-state index in [0.717, 1.165) is 26.0 Å². The van der Waals surface area contributed by atoms with E-state index < -0.39 is 4.92 Å². The van der Waals surface area contributed by atoms with E-state index in [-0.39, 0.29) is 5.69 Å². The van der Waals surface area contributed by atoms with Gasteiger partial charge >= 0.3 is 0 Å². The number of nitrogens with one attached hydrogen (secondary N) is 1. The third-order valence-corrected chi connectivity index (χ3v) is 2.97. The Bertz CT molecular complexity index is 419. The second-order valence-corrected chi connectivity index (χ2v) is 4.44. The van der Waals surface area contributed by atoms with E-state index in [9.17, 15) is 10.1 Å². The molecule has 0 bridgehead atoms. The van der Waals surface area contributed by atoms with Crippen LogP contribution in [0, 0.1) is 10.1 Å². The molecule has 0 aliphatic carbocycles. The topological polar surface area (TPSA) is 73.6 Å². The molecule has 1 aromatic rings. The van der Waals surface area contributed by atoms with Crippen molar-refractivity contribution in [3.05, 3.63) is 34.4 Å². The number of nitrogens with zero attached hydrogens (tertiary/aromatic N) is 1. The molecule has 1 heterocycles. The van der Waals surface area contributed by atoms with E-state index in [1.54, 1.807) is 12.1 Å². The number of hydrogen-bond acceptors (Lipinski definition) is 5. The predicted octanol–water partition coefficient (Wildman–Crippen LogP) is 1.74. The van der Waals surface area contributed by atoms with Crippen LogP contribution in [-0.4, -0.2) is 37.3 Å². The number of rotatable bonds is 7. The summed E-state index contributed by atoms with van der Waals surface area (Å²) in [5.74, 6) is 0.521. The Balaban J connectivity index is 1.64. The number of non-ortho nitro benzene ring substituents is 1. The molecule has 0 amide bonds. The first-order valence-electron chi connectivity index (χ1n) is 6.45. The molecule has 1 N–H and O–H groups in total. The number of ether oxygens (including phenoxy) is 2. The summed E-state index contributed by atoms with van der Waals surface area (Å²) in [6.07, 6.45) is 2.56. The molecule has 1 aliphatic heterocycles. The molecule has 1 atom stereocenters. The van der Waals surface area contributed by atoms with Crippen LogP contribution in [0.5, 0.6) is 5.75 Å². The Morgan fingerprint density at radius 1 is 1.53 bits per heavy atom. The molecule has 1 fully saturated rings. The van der Waals surface area contributed by atoms with Gasteiger partial charge in [-0.05, 0) is 18.9 Å². The van der Waals surface area contributed by atoms with Gasteiger partial charge in [-0.2, -0.15) is 0 Å². The molecular formula is C13H18N2O4. The largest absolute Gasteiger partial charge is 0.492 e. The van der Waals surface area contributed by atoms with Gasteiger partial charge in [-0.1, -0.05) is 6.07 Å². The Hall–Kier alpha value is -1.66. The van der Waals surface area contributed by atoms with Crippen molar-refractivity contribution in [1.82, 2.24) is 5.32 Å². The van der Waals surface area contributed by atoms with Crippen molar-refractivity contribution < 1.29 is 14.4 Å². The van der Waals surface area contributed by atoms with Gasteiger partial charge in [0.1, 0.15) is 12.4 Å². The summed E-state index contributed by atoms with van der Waals surface area (Å²) in [6, 6.07) is 6.21. The van der Waals surface area contributed by atoms with Crippen LogP contribution in [0.3, 0.4) is 0 Å². The van der Waals surface area contributed by atoms with Crippen LogP contribution >= 0.6 is 0 Å². The highest BCUT2D eigenvalue weighted by Gasteiger charge is 2.14. The highest BCUT2D eigenvalue weighted by atomic mass is 16.6. The Labute approximate surface area is 111 Å². The molecule has 6 heteroatoms. The van der Waals surface area contributed by atoms with Gasteiger partial charge in [-0.25, -0.2) is 0 Å². The minimum absolute atomic E-state index is 0.0461.